The monoisotopic (exact) mass is 503 g/mol. The Balaban J connectivity index is 1.31. The van der Waals surface area contributed by atoms with Crippen LogP contribution >= 0.6 is 0 Å². The summed E-state index contributed by atoms with van der Waals surface area (Å²) in [6, 6.07) is 6.19. The maximum absolute atomic E-state index is 14.8. The van der Waals surface area contributed by atoms with E-state index in [9.17, 15) is 22.4 Å². The van der Waals surface area contributed by atoms with Crippen LogP contribution in [0.1, 0.15) is 60.6 Å². The van der Waals surface area contributed by atoms with Crippen LogP contribution in [0.4, 0.5) is 17.6 Å². The lowest BCUT2D eigenvalue weighted by molar-refractivity contribution is -0.0626. The molecule has 0 aliphatic carbocycles. The second-order valence-corrected chi connectivity index (χ2v) is 9.78. The van der Waals surface area contributed by atoms with Crippen molar-refractivity contribution in [3.8, 4) is 0 Å². The average Bonchev–Trinajstić information content (AvgIpc) is 3.45. The summed E-state index contributed by atoms with van der Waals surface area (Å²) in [5, 5.41) is 13.1. The maximum Gasteiger partial charge on any atom is 0.335 e. The van der Waals surface area contributed by atoms with Gasteiger partial charge in [0.05, 0.1) is 16.8 Å². The Bertz CT molecular complexity index is 1370. The van der Waals surface area contributed by atoms with Crippen molar-refractivity contribution < 1.29 is 32.3 Å². The van der Waals surface area contributed by atoms with Crippen LogP contribution < -0.4 is 0 Å². The Morgan fingerprint density at radius 2 is 1.69 bits per heavy atom. The summed E-state index contributed by atoms with van der Waals surface area (Å²) in [6.45, 7) is 4.94. The zero-order valence-electron chi connectivity index (χ0n) is 19.8. The lowest BCUT2D eigenvalue weighted by Gasteiger charge is -2.37. The normalized spacial score (nSPS) is 17.7. The van der Waals surface area contributed by atoms with Gasteiger partial charge in [0.1, 0.15) is 5.60 Å². The number of hydrogen-bond donors (Lipinski definition) is 1. The minimum absolute atomic E-state index is 0.194. The smallest absolute Gasteiger partial charge is 0.335 e. The molecule has 10 heteroatoms. The molecular weight excluding hydrogens is 478 g/mol. The van der Waals surface area contributed by atoms with E-state index in [1.165, 1.54) is 16.7 Å². The van der Waals surface area contributed by atoms with Crippen molar-refractivity contribution in [1.82, 2.24) is 9.47 Å². The molecule has 1 saturated heterocycles. The minimum Gasteiger partial charge on any atom is -0.478 e. The van der Waals surface area contributed by atoms with Crippen molar-refractivity contribution in [2.24, 2.45) is 5.16 Å². The second-order valence-electron chi connectivity index (χ2n) is 9.78. The number of piperidine rings is 1. The van der Waals surface area contributed by atoms with E-state index in [0.717, 1.165) is 11.3 Å². The molecule has 1 aromatic heterocycles. The lowest BCUT2D eigenvalue weighted by Crippen LogP contribution is -2.44. The van der Waals surface area contributed by atoms with E-state index in [4.69, 9.17) is 9.94 Å². The number of carboxylic acid groups (broad SMARTS) is 1. The first kappa shape index (κ1) is 24.3. The Labute approximate surface area is 204 Å². The number of aromatic nitrogens is 1. The fraction of sp³-hybridized carbons (Fsp3) is 0.385. The van der Waals surface area contributed by atoms with Crippen molar-refractivity contribution in [2.45, 2.75) is 51.3 Å². The molecule has 190 valence electrons. The summed E-state index contributed by atoms with van der Waals surface area (Å²) in [4.78, 5) is 19.0. The Hall–Kier alpha value is -3.40. The number of aromatic carboxylic acids is 1. The molecule has 1 spiro atoms. The summed E-state index contributed by atoms with van der Waals surface area (Å²) in [5.74, 6) is -7.37. The van der Waals surface area contributed by atoms with Crippen LogP contribution in [0.25, 0.3) is 10.9 Å². The third-order valence-corrected chi connectivity index (χ3v) is 7.14. The van der Waals surface area contributed by atoms with Crippen LogP contribution in [0.2, 0.25) is 0 Å². The summed E-state index contributed by atoms with van der Waals surface area (Å²) >= 11 is 0. The van der Waals surface area contributed by atoms with Gasteiger partial charge in [0, 0.05) is 56.5 Å². The predicted octanol–water partition coefficient (Wildman–Crippen LogP) is 5.64. The fourth-order valence-corrected chi connectivity index (χ4v) is 5.09. The molecule has 2 aromatic carbocycles. The molecule has 2 aliphatic rings. The van der Waals surface area contributed by atoms with Gasteiger partial charge < -0.3 is 14.5 Å². The number of halogens is 4. The summed E-state index contributed by atoms with van der Waals surface area (Å²) in [7, 11) is 0. The van der Waals surface area contributed by atoms with Gasteiger partial charge in [0.2, 0.25) is 0 Å². The molecule has 1 fully saturated rings. The van der Waals surface area contributed by atoms with Crippen LogP contribution in [0.5, 0.6) is 0 Å². The maximum atomic E-state index is 14.8. The highest BCUT2D eigenvalue weighted by atomic mass is 19.2. The molecule has 0 radical (unpaired) electrons. The molecule has 3 aromatic rings. The number of hydrogen-bond acceptors (Lipinski definition) is 4. The molecule has 3 heterocycles. The molecule has 2 aliphatic heterocycles. The third-order valence-electron chi connectivity index (χ3n) is 7.14. The number of benzene rings is 2. The van der Waals surface area contributed by atoms with Crippen molar-refractivity contribution in [2.75, 3.05) is 13.1 Å². The summed E-state index contributed by atoms with van der Waals surface area (Å²) < 4.78 is 58.8. The standard InChI is InChI=1S/C26H25F4N3O3/c1-14(2)33-13-17(19-20(27)21(28)22(29)23(30)24(19)33)12-32-9-7-26(8-10-32)11-18(31-36-26)15-3-5-16(6-4-15)25(34)35/h3-6,13-14H,7-12H2,1-2H3,(H,34,35). The van der Waals surface area contributed by atoms with Gasteiger partial charge in [-0.25, -0.2) is 22.4 Å². The van der Waals surface area contributed by atoms with Gasteiger partial charge in [-0.05, 0) is 37.1 Å². The lowest BCUT2D eigenvalue weighted by atomic mass is 9.85. The van der Waals surface area contributed by atoms with Crippen LogP contribution in [0.3, 0.4) is 0 Å². The molecular formula is C26H25F4N3O3. The van der Waals surface area contributed by atoms with Gasteiger partial charge in [-0.3, -0.25) is 4.90 Å². The first-order valence-corrected chi connectivity index (χ1v) is 11.8. The molecule has 0 unspecified atom stereocenters. The quantitative estimate of drug-likeness (QED) is 0.278. The molecule has 1 N–H and O–H groups in total. The molecule has 36 heavy (non-hydrogen) atoms. The van der Waals surface area contributed by atoms with E-state index in [2.05, 4.69) is 5.16 Å². The van der Waals surface area contributed by atoms with E-state index in [0.29, 0.717) is 37.9 Å². The number of oxime groups is 1. The van der Waals surface area contributed by atoms with Crippen LogP contribution in [0.15, 0.2) is 35.6 Å². The molecule has 6 nitrogen and oxygen atoms in total. The number of fused-ring (bicyclic) bond motifs is 1. The van der Waals surface area contributed by atoms with Crippen molar-refractivity contribution in [3.63, 3.8) is 0 Å². The van der Waals surface area contributed by atoms with Gasteiger partial charge >= 0.3 is 5.97 Å². The molecule has 5 rings (SSSR count). The van der Waals surface area contributed by atoms with Gasteiger partial charge in [-0.1, -0.05) is 17.3 Å². The number of rotatable bonds is 5. The van der Waals surface area contributed by atoms with E-state index in [1.54, 1.807) is 32.2 Å². The van der Waals surface area contributed by atoms with Crippen molar-refractivity contribution >= 4 is 22.6 Å². The molecule has 0 bridgehead atoms. The Morgan fingerprint density at radius 3 is 2.31 bits per heavy atom. The highest BCUT2D eigenvalue weighted by Gasteiger charge is 2.42. The first-order chi connectivity index (χ1) is 17.1. The topological polar surface area (TPSA) is 67.1 Å². The molecule has 0 saturated carbocycles. The Kier molecular flexibility index (Phi) is 6.02. The molecule has 0 amide bonds. The van der Waals surface area contributed by atoms with Crippen molar-refractivity contribution in [1.29, 1.82) is 0 Å². The SMILES string of the molecule is CC(C)n1cc(CN2CCC3(CC2)CC(c2ccc(C(=O)O)cc2)=NO3)c2c(F)c(F)c(F)c(F)c21. The van der Waals surface area contributed by atoms with Crippen LogP contribution in [-0.4, -0.2) is 44.9 Å². The summed E-state index contributed by atoms with van der Waals surface area (Å²) in [6.07, 6.45) is 3.41. The van der Waals surface area contributed by atoms with Gasteiger partial charge in [0.25, 0.3) is 0 Å². The Morgan fingerprint density at radius 1 is 1.06 bits per heavy atom. The van der Waals surface area contributed by atoms with E-state index >= 15 is 0 Å². The molecule has 0 atom stereocenters. The number of carboxylic acids is 1. The zero-order chi connectivity index (χ0) is 25.8. The average molecular weight is 503 g/mol. The minimum atomic E-state index is -1.81. The van der Waals surface area contributed by atoms with Gasteiger partial charge in [0.15, 0.2) is 23.3 Å². The zero-order valence-corrected chi connectivity index (χ0v) is 19.8. The van der Waals surface area contributed by atoms with Crippen molar-refractivity contribution in [3.05, 3.63) is 70.4 Å². The number of nitrogens with zero attached hydrogens (tertiary/aromatic N) is 3. The van der Waals surface area contributed by atoms with E-state index in [1.807, 2.05) is 4.90 Å². The number of likely N-dealkylation sites (tertiary alicyclic amines) is 1. The number of carbonyl (C=O) groups is 1. The van der Waals surface area contributed by atoms with E-state index < -0.39 is 34.8 Å². The van der Waals surface area contributed by atoms with Crippen LogP contribution in [0, 0.1) is 23.3 Å². The highest BCUT2D eigenvalue weighted by molar-refractivity contribution is 6.02. The highest BCUT2D eigenvalue weighted by Crippen LogP contribution is 2.38. The van der Waals surface area contributed by atoms with Crippen LogP contribution in [-0.2, 0) is 11.4 Å². The largest absolute Gasteiger partial charge is 0.478 e. The third kappa shape index (κ3) is 4.03. The summed E-state index contributed by atoms with van der Waals surface area (Å²) in [5.41, 5.74) is 1.38. The fourth-order valence-electron chi connectivity index (χ4n) is 5.09. The van der Waals surface area contributed by atoms with Gasteiger partial charge in [-0.15, -0.1) is 0 Å². The van der Waals surface area contributed by atoms with Gasteiger partial charge in [-0.2, -0.15) is 0 Å². The van der Waals surface area contributed by atoms with E-state index in [-0.39, 0.29) is 29.1 Å². The second kappa shape index (κ2) is 8.92. The first-order valence-electron chi connectivity index (χ1n) is 11.8. The predicted molar refractivity (Wildman–Crippen MR) is 125 cm³/mol.